The topological polar surface area (TPSA) is 58.6 Å². The molecule has 1 N–H and O–H groups in total. The van der Waals surface area contributed by atoms with Crippen molar-refractivity contribution in [3.63, 3.8) is 0 Å². The van der Waals surface area contributed by atoms with Gasteiger partial charge >= 0.3 is 5.97 Å². The van der Waals surface area contributed by atoms with Crippen LogP contribution in [-0.4, -0.2) is 49.1 Å². The Kier molecular flexibility index (Phi) is 8.59. The van der Waals surface area contributed by atoms with Gasteiger partial charge in [0.25, 0.3) is 0 Å². The summed E-state index contributed by atoms with van der Waals surface area (Å²) in [6, 6.07) is 1.61. The Morgan fingerprint density at radius 2 is 2.00 bits per heavy atom. The van der Waals surface area contributed by atoms with E-state index in [2.05, 4.69) is 23.7 Å². The zero-order valence-corrected chi connectivity index (χ0v) is 17.2. The predicted octanol–water partition coefficient (Wildman–Crippen LogP) is 3.02. The SMILES string of the molecule is CCCCc1ccsc1CC(NCC(=O)N(C)C)C(=O)OC(C)(C)C. The number of hydrogen-bond donors (Lipinski definition) is 1. The molecule has 0 saturated carbocycles. The fraction of sp³-hybridized carbons (Fsp3) is 0.684. The molecule has 5 nitrogen and oxygen atoms in total. The first-order valence-corrected chi connectivity index (χ1v) is 9.73. The Balaban J connectivity index is 2.85. The molecule has 0 saturated heterocycles. The maximum Gasteiger partial charge on any atom is 0.324 e. The van der Waals surface area contributed by atoms with Gasteiger partial charge in [0.1, 0.15) is 11.6 Å². The van der Waals surface area contributed by atoms with Gasteiger partial charge in [0.2, 0.25) is 5.91 Å². The number of thiophene rings is 1. The van der Waals surface area contributed by atoms with Crippen molar-refractivity contribution in [2.24, 2.45) is 0 Å². The van der Waals surface area contributed by atoms with Crippen LogP contribution in [0.25, 0.3) is 0 Å². The third kappa shape index (κ3) is 8.01. The standard InChI is InChI=1S/C19H32N2O3S/c1-7-8-9-14-10-11-25-16(14)12-15(18(23)24-19(2,3)4)20-13-17(22)21(5)6/h10-11,15,20H,7-9,12-13H2,1-6H3. The van der Waals surface area contributed by atoms with Crippen LogP contribution >= 0.6 is 11.3 Å². The van der Waals surface area contributed by atoms with Gasteiger partial charge in [-0.2, -0.15) is 0 Å². The largest absolute Gasteiger partial charge is 0.459 e. The highest BCUT2D eigenvalue weighted by Gasteiger charge is 2.27. The van der Waals surface area contributed by atoms with Crippen molar-refractivity contribution >= 4 is 23.2 Å². The van der Waals surface area contributed by atoms with Crippen LogP contribution in [0.3, 0.4) is 0 Å². The Labute approximate surface area is 155 Å². The molecular formula is C19H32N2O3S. The first-order valence-electron chi connectivity index (χ1n) is 8.85. The smallest absolute Gasteiger partial charge is 0.324 e. The van der Waals surface area contributed by atoms with Crippen molar-refractivity contribution in [3.05, 3.63) is 21.9 Å². The van der Waals surface area contributed by atoms with Crippen LogP contribution < -0.4 is 5.32 Å². The number of rotatable bonds is 9. The monoisotopic (exact) mass is 368 g/mol. The van der Waals surface area contributed by atoms with Gasteiger partial charge in [-0.1, -0.05) is 13.3 Å². The number of unbranched alkanes of at least 4 members (excludes halogenated alkanes) is 1. The summed E-state index contributed by atoms with van der Waals surface area (Å²) in [6.45, 7) is 7.84. The van der Waals surface area contributed by atoms with Crippen LogP contribution in [0.5, 0.6) is 0 Å². The molecule has 25 heavy (non-hydrogen) atoms. The maximum absolute atomic E-state index is 12.6. The minimum Gasteiger partial charge on any atom is -0.459 e. The van der Waals surface area contributed by atoms with E-state index < -0.39 is 11.6 Å². The molecule has 142 valence electrons. The number of esters is 1. The highest BCUT2D eigenvalue weighted by atomic mass is 32.1. The number of amides is 1. The molecule has 0 aliphatic rings. The van der Waals surface area contributed by atoms with Gasteiger partial charge < -0.3 is 9.64 Å². The molecule has 0 aliphatic heterocycles. The summed E-state index contributed by atoms with van der Waals surface area (Å²) in [5.41, 5.74) is 0.740. The molecule has 1 heterocycles. The van der Waals surface area contributed by atoms with Gasteiger partial charge in [-0.25, -0.2) is 0 Å². The molecule has 1 rings (SSSR count). The lowest BCUT2D eigenvalue weighted by Crippen LogP contribution is -2.46. The maximum atomic E-state index is 12.6. The van der Waals surface area contributed by atoms with Crippen molar-refractivity contribution in [1.29, 1.82) is 0 Å². The quantitative estimate of drug-likeness (QED) is 0.681. The van der Waals surface area contributed by atoms with Gasteiger partial charge in [-0.15, -0.1) is 11.3 Å². The Morgan fingerprint density at radius 1 is 1.32 bits per heavy atom. The van der Waals surface area contributed by atoms with Crippen LogP contribution in [0.15, 0.2) is 11.4 Å². The van der Waals surface area contributed by atoms with E-state index in [1.54, 1.807) is 25.4 Å². The van der Waals surface area contributed by atoms with E-state index in [1.807, 2.05) is 20.8 Å². The Hall–Kier alpha value is -1.40. The molecule has 1 amide bonds. The Morgan fingerprint density at radius 3 is 2.56 bits per heavy atom. The molecular weight excluding hydrogens is 336 g/mol. The molecule has 0 aromatic carbocycles. The number of nitrogens with one attached hydrogen (secondary N) is 1. The van der Waals surface area contributed by atoms with E-state index in [4.69, 9.17) is 4.74 Å². The molecule has 0 fully saturated rings. The zero-order chi connectivity index (χ0) is 19.0. The third-order valence-corrected chi connectivity index (χ3v) is 4.70. The van der Waals surface area contributed by atoms with Gasteiger partial charge in [0.05, 0.1) is 6.54 Å². The Bertz CT molecular complexity index is 561. The van der Waals surface area contributed by atoms with E-state index >= 15 is 0 Å². The van der Waals surface area contributed by atoms with E-state index in [0.29, 0.717) is 6.42 Å². The normalized spacial score (nSPS) is 12.7. The highest BCUT2D eigenvalue weighted by Crippen LogP contribution is 2.22. The molecule has 0 bridgehead atoms. The second-order valence-corrected chi connectivity index (χ2v) is 8.43. The van der Waals surface area contributed by atoms with Crippen LogP contribution in [-0.2, 0) is 27.2 Å². The molecule has 1 atom stereocenters. The first kappa shape index (κ1) is 21.6. The minimum absolute atomic E-state index is 0.0639. The van der Waals surface area contributed by atoms with Gasteiger partial charge in [-0.3, -0.25) is 14.9 Å². The summed E-state index contributed by atoms with van der Waals surface area (Å²) in [6.07, 6.45) is 3.84. The third-order valence-electron chi connectivity index (χ3n) is 3.72. The number of carbonyl (C=O) groups excluding carboxylic acids is 2. The van der Waals surface area contributed by atoms with Crippen molar-refractivity contribution in [3.8, 4) is 0 Å². The van der Waals surface area contributed by atoms with Crippen LogP contribution in [0.2, 0.25) is 0 Å². The average molecular weight is 369 g/mol. The van der Waals surface area contributed by atoms with Crippen LogP contribution in [0, 0.1) is 0 Å². The predicted molar refractivity (Wildman–Crippen MR) is 103 cm³/mol. The van der Waals surface area contributed by atoms with E-state index in [9.17, 15) is 9.59 Å². The van der Waals surface area contributed by atoms with E-state index in [0.717, 1.165) is 19.3 Å². The summed E-state index contributed by atoms with van der Waals surface area (Å²) in [5, 5.41) is 5.15. The van der Waals surface area contributed by atoms with Crippen molar-refractivity contribution < 1.29 is 14.3 Å². The lowest BCUT2D eigenvalue weighted by atomic mass is 10.0. The molecule has 1 unspecified atom stereocenters. The van der Waals surface area contributed by atoms with Crippen molar-refractivity contribution in [2.75, 3.05) is 20.6 Å². The summed E-state index contributed by atoms with van der Waals surface area (Å²) in [5.74, 6) is -0.375. The van der Waals surface area contributed by atoms with E-state index in [-0.39, 0.29) is 18.4 Å². The summed E-state index contributed by atoms with van der Waals surface area (Å²) in [7, 11) is 3.41. The molecule has 1 aromatic rings. The highest BCUT2D eigenvalue weighted by molar-refractivity contribution is 7.10. The summed E-state index contributed by atoms with van der Waals surface area (Å²) in [4.78, 5) is 27.2. The molecule has 0 radical (unpaired) electrons. The van der Waals surface area contributed by atoms with Crippen LogP contribution in [0.1, 0.15) is 51.0 Å². The molecule has 6 heteroatoms. The number of likely N-dealkylation sites (N-methyl/N-ethyl adjacent to an activating group) is 1. The van der Waals surface area contributed by atoms with Crippen LogP contribution in [0.4, 0.5) is 0 Å². The fourth-order valence-electron chi connectivity index (χ4n) is 2.30. The fourth-order valence-corrected chi connectivity index (χ4v) is 3.28. The van der Waals surface area contributed by atoms with E-state index in [1.165, 1.54) is 15.3 Å². The lowest BCUT2D eigenvalue weighted by molar-refractivity contribution is -0.157. The second-order valence-electron chi connectivity index (χ2n) is 7.43. The summed E-state index contributed by atoms with van der Waals surface area (Å²) >= 11 is 1.66. The average Bonchev–Trinajstić information content (AvgIpc) is 2.94. The lowest BCUT2D eigenvalue weighted by Gasteiger charge is -2.25. The molecule has 0 spiro atoms. The minimum atomic E-state index is -0.553. The number of hydrogen-bond acceptors (Lipinski definition) is 5. The molecule has 0 aliphatic carbocycles. The van der Waals surface area contributed by atoms with Crippen molar-refractivity contribution in [1.82, 2.24) is 10.2 Å². The number of aryl methyl sites for hydroxylation is 1. The van der Waals surface area contributed by atoms with Gasteiger partial charge in [0, 0.05) is 25.4 Å². The first-order chi connectivity index (χ1) is 11.6. The van der Waals surface area contributed by atoms with Crippen molar-refractivity contribution in [2.45, 2.75) is 65.0 Å². The van der Waals surface area contributed by atoms with Gasteiger partial charge in [0.15, 0.2) is 0 Å². The number of ether oxygens (including phenoxy) is 1. The van der Waals surface area contributed by atoms with Gasteiger partial charge in [-0.05, 0) is 50.6 Å². The molecule has 1 aromatic heterocycles. The zero-order valence-electron chi connectivity index (χ0n) is 16.3. The number of carbonyl (C=O) groups is 2. The summed E-state index contributed by atoms with van der Waals surface area (Å²) < 4.78 is 5.54. The second kappa shape index (κ2) is 9.92. The number of nitrogens with zero attached hydrogens (tertiary/aromatic N) is 1.